The van der Waals surface area contributed by atoms with Gasteiger partial charge >= 0.3 is 12.1 Å². The van der Waals surface area contributed by atoms with Crippen LogP contribution in [0, 0.1) is 0 Å². The standard InChI is InChI=1S/C41H45N7O5/c1-3-4-5-8-24-52-41(51)46-39(42)29-13-17-32(18-14-29)44-27-37-45-34-26-31(16-20-35(34)47(37)2)40(50)48(36-12-6-7-22-43-36)23-21-38(49)53-33-19-15-28-10-9-11-30(28)25-33/h6-7,12-20,22,25-26,44H,3-5,8-11,21,23-24,27H2,1-2H3,(H2,42,46,51). The number of rotatable bonds is 15. The van der Waals surface area contributed by atoms with Crippen molar-refractivity contribution < 1.29 is 23.9 Å². The zero-order chi connectivity index (χ0) is 37.2. The summed E-state index contributed by atoms with van der Waals surface area (Å²) in [5, 5.41) is 3.37. The molecular weight excluding hydrogens is 670 g/mol. The quantitative estimate of drug-likeness (QED) is 0.0379. The molecule has 0 saturated heterocycles. The number of ether oxygens (including phenoxy) is 2. The van der Waals surface area contributed by atoms with Crippen molar-refractivity contribution in [3.63, 3.8) is 0 Å². The van der Waals surface area contributed by atoms with E-state index in [1.807, 2.05) is 48.0 Å². The van der Waals surface area contributed by atoms with Gasteiger partial charge in [0.05, 0.1) is 30.6 Å². The first-order chi connectivity index (χ1) is 25.8. The molecule has 0 aliphatic heterocycles. The fourth-order valence-corrected chi connectivity index (χ4v) is 6.35. The van der Waals surface area contributed by atoms with Crippen LogP contribution in [-0.4, -0.2) is 51.5 Å². The lowest BCUT2D eigenvalue weighted by atomic mass is 10.1. The summed E-state index contributed by atoms with van der Waals surface area (Å²) in [6.07, 6.45) is 8.10. The number of hydrogen-bond donors (Lipinski definition) is 2. The summed E-state index contributed by atoms with van der Waals surface area (Å²) in [5.41, 5.74) is 11.9. The van der Waals surface area contributed by atoms with E-state index in [0.29, 0.717) is 41.4 Å². The molecule has 274 valence electrons. The van der Waals surface area contributed by atoms with Crippen LogP contribution in [0.4, 0.5) is 16.3 Å². The maximum Gasteiger partial charge on any atom is 0.435 e. The van der Waals surface area contributed by atoms with Gasteiger partial charge in [-0.2, -0.15) is 4.99 Å². The molecule has 2 heterocycles. The molecule has 1 aliphatic carbocycles. The van der Waals surface area contributed by atoms with Crippen LogP contribution in [0.2, 0.25) is 0 Å². The summed E-state index contributed by atoms with van der Waals surface area (Å²) >= 11 is 0. The zero-order valence-corrected chi connectivity index (χ0v) is 30.2. The number of aryl methyl sites for hydroxylation is 3. The summed E-state index contributed by atoms with van der Waals surface area (Å²) in [6.45, 7) is 2.96. The van der Waals surface area contributed by atoms with Crippen molar-refractivity contribution in [2.45, 2.75) is 64.8 Å². The number of benzene rings is 3. The predicted molar refractivity (Wildman–Crippen MR) is 205 cm³/mol. The van der Waals surface area contributed by atoms with E-state index < -0.39 is 12.1 Å². The number of imidazole rings is 1. The second kappa shape index (κ2) is 17.5. The Kier molecular flexibility index (Phi) is 12.1. The number of aromatic nitrogens is 3. The number of esters is 1. The first kappa shape index (κ1) is 36.7. The largest absolute Gasteiger partial charge is 0.448 e. The Morgan fingerprint density at radius 1 is 0.943 bits per heavy atom. The number of hydrogen-bond acceptors (Lipinski definition) is 8. The second-order valence-corrected chi connectivity index (χ2v) is 13.0. The number of fused-ring (bicyclic) bond motifs is 2. The number of pyridine rings is 1. The average molecular weight is 716 g/mol. The second-order valence-electron chi connectivity index (χ2n) is 13.0. The topological polar surface area (TPSA) is 154 Å². The summed E-state index contributed by atoms with van der Waals surface area (Å²) in [5.74, 6) is 1.08. The Labute approximate surface area is 309 Å². The fraction of sp³-hybridized carbons (Fsp3) is 0.317. The highest BCUT2D eigenvalue weighted by molar-refractivity contribution is 6.07. The lowest BCUT2D eigenvalue weighted by Gasteiger charge is -2.21. The molecule has 6 rings (SSSR count). The van der Waals surface area contributed by atoms with Crippen molar-refractivity contribution in [2.24, 2.45) is 17.8 Å². The van der Waals surface area contributed by atoms with Crippen LogP contribution in [0.3, 0.4) is 0 Å². The molecule has 0 radical (unpaired) electrons. The number of carbonyl (C=O) groups is 3. The van der Waals surface area contributed by atoms with Gasteiger partial charge in [-0.25, -0.2) is 14.8 Å². The minimum atomic E-state index is -0.692. The van der Waals surface area contributed by atoms with Crippen molar-refractivity contribution in [1.29, 1.82) is 0 Å². The highest BCUT2D eigenvalue weighted by Gasteiger charge is 2.22. The highest BCUT2D eigenvalue weighted by atomic mass is 16.5. The number of anilines is 2. The average Bonchev–Trinajstić information content (AvgIpc) is 3.77. The Morgan fingerprint density at radius 2 is 1.75 bits per heavy atom. The van der Waals surface area contributed by atoms with Crippen LogP contribution in [0.25, 0.3) is 11.0 Å². The van der Waals surface area contributed by atoms with E-state index in [2.05, 4.69) is 22.2 Å². The molecule has 3 N–H and O–H groups in total. The number of unbranched alkanes of at least 4 members (excludes halogenated alkanes) is 3. The normalized spacial score (nSPS) is 12.4. The third-order valence-corrected chi connectivity index (χ3v) is 9.30. The van der Waals surface area contributed by atoms with E-state index in [4.69, 9.17) is 20.2 Å². The highest BCUT2D eigenvalue weighted by Crippen LogP contribution is 2.27. The molecule has 12 nitrogen and oxygen atoms in total. The molecule has 12 heteroatoms. The van der Waals surface area contributed by atoms with Crippen LogP contribution in [0.1, 0.15) is 78.3 Å². The molecule has 2 amide bonds. The van der Waals surface area contributed by atoms with Crippen molar-refractivity contribution in [2.75, 3.05) is 23.4 Å². The first-order valence-electron chi connectivity index (χ1n) is 18.1. The molecule has 0 atom stereocenters. The number of nitrogens with two attached hydrogens (primary N) is 1. The molecule has 2 aromatic heterocycles. The fourth-order valence-electron chi connectivity index (χ4n) is 6.35. The number of carbonyl (C=O) groups excluding carboxylic acids is 3. The molecular formula is C41H45N7O5. The van der Waals surface area contributed by atoms with E-state index >= 15 is 0 Å². The zero-order valence-electron chi connectivity index (χ0n) is 30.2. The molecule has 0 spiro atoms. The number of amides is 2. The summed E-state index contributed by atoms with van der Waals surface area (Å²) in [6, 6.07) is 23.7. The van der Waals surface area contributed by atoms with Crippen molar-refractivity contribution >= 4 is 46.3 Å². The Balaban J connectivity index is 1.08. The van der Waals surface area contributed by atoms with Gasteiger partial charge in [-0.05, 0) is 104 Å². The summed E-state index contributed by atoms with van der Waals surface area (Å²) in [7, 11) is 1.92. The van der Waals surface area contributed by atoms with Crippen LogP contribution >= 0.6 is 0 Å². The summed E-state index contributed by atoms with van der Waals surface area (Å²) in [4.78, 5) is 53.5. The van der Waals surface area contributed by atoms with E-state index in [1.165, 1.54) is 16.0 Å². The van der Waals surface area contributed by atoms with Crippen molar-refractivity contribution in [3.05, 3.63) is 113 Å². The minimum Gasteiger partial charge on any atom is -0.448 e. The Morgan fingerprint density at radius 3 is 2.55 bits per heavy atom. The monoisotopic (exact) mass is 715 g/mol. The lowest BCUT2D eigenvalue weighted by Crippen LogP contribution is -2.34. The van der Waals surface area contributed by atoms with Gasteiger partial charge in [0.25, 0.3) is 5.91 Å². The number of amidine groups is 1. The third-order valence-electron chi connectivity index (χ3n) is 9.30. The van der Waals surface area contributed by atoms with Gasteiger partial charge in [-0.1, -0.05) is 38.3 Å². The molecule has 1 aliphatic rings. The van der Waals surface area contributed by atoms with Gasteiger partial charge in [0.1, 0.15) is 23.2 Å². The minimum absolute atomic E-state index is 0.00679. The van der Waals surface area contributed by atoms with Crippen molar-refractivity contribution in [1.82, 2.24) is 14.5 Å². The van der Waals surface area contributed by atoms with Crippen LogP contribution < -0.4 is 20.7 Å². The third kappa shape index (κ3) is 9.45. The molecule has 5 aromatic rings. The predicted octanol–water partition coefficient (Wildman–Crippen LogP) is 7.13. The van der Waals surface area contributed by atoms with Gasteiger partial charge in [-0.3, -0.25) is 14.5 Å². The SMILES string of the molecule is CCCCCCOC(=O)/N=C(\N)c1ccc(NCc2nc3cc(C(=O)N(CCC(=O)Oc4ccc5c(c4)CCC5)c4ccccn4)ccc3n2C)cc1. The summed E-state index contributed by atoms with van der Waals surface area (Å²) < 4.78 is 12.8. The van der Waals surface area contributed by atoms with E-state index in [9.17, 15) is 14.4 Å². The number of nitrogens with one attached hydrogen (secondary N) is 1. The maximum absolute atomic E-state index is 13.9. The van der Waals surface area contributed by atoms with Crippen LogP contribution in [-0.2, 0) is 36.0 Å². The smallest absolute Gasteiger partial charge is 0.435 e. The molecule has 0 bridgehead atoms. The van der Waals surface area contributed by atoms with Gasteiger partial charge in [0, 0.05) is 36.6 Å². The number of nitrogens with zero attached hydrogens (tertiary/aromatic N) is 5. The van der Waals surface area contributed by atoms with E-state index in [0.717, 1.165) is 62.0 Å². The van der Waals surface area contributed by atoms with Gasteiger partial charge in [0.15, 0.2) is 0 Å². The van der Waals surface area contributed by atoms with Crippen molar-refractivity contribution in [3.8, 4) is 5.75 Å². The Hall–Kier alpha value is -6.04. The van der Waals surface area contributed by atoms with E-state index in [-0.39, 0.29) is 24.7 Å². The molecule has 0 fully saturated rings. The number of aliphatic imine (C=N–C) groups is 1. The first-order valence-corrected chi connectivity index (χ1v) is 18.1. The lowest BCUT2D eigenvalue weighted by molar-refractivity contribution is -0.134. The van der Waals surface area contributed by atoms with E-state index in [1.54, 1.807) is 48.7 Å². The Bertz CT molecular complexity index is 2090. The van der Waals surface area contributed by atoms with Crippen LogP contribution in [0.15, 0.2) is 90.1 Å². The maximum atomic E-state index is 13.9. The molecule has 0 unspecified atom stereocenters. The van der Waals surface area contributed by atoms with Gasteiger partial charge in [0.2, 0.25) is 0 Å². The van der Waals surface area contributed by atoms with Crippen LogP contribution in [0.5, 0.6) is 5.75 Å². The molecule has 53 heavy (non-hydrogen) atoms. The molecule has 0 saturated carbocycles. The molecule has 3 aromatic carbocycles. The van der Waals surface area contributed by atoms with Gasteiger partial charge in [-0.15, -0.1) is 0 Å². The van der Waals surface area contributed by atoms with Gasteiger partial charge < -0.3 is 25.1 Å².